The van der Waals surface area contributed by atoms with Crippen LogP contribution in [0, 0.1) is 0 Å². The first-order chi connectivity index (χ1) is 13.6. The average Bonchev–Trinajstić information content (AvgIpc) is 3.25. The Balaban J connectivity index is 1.45. The molecule has 0 radical (unpaired) electrons. The van der Waals surface area contributed by atoms with E-state index in [9.17, 15) is 8.42 Å². The van der Waals surface area contributed by atoms with Gasteiger partial charge < -0.3 is 9.26 Å². The molecule has 1 aliphatic heterocycles. The molecule has 0 unspecified atom stereocenters. The predicted octanol–water partition coefficient (Wildman–Crippen LogP) is 2.71. The third-order valence-electron chi connectivity index (χ3n) is 4.86. The first kappa shape index (κ1) is 18.6. The molecule has 1 fully saturated rings. The van der Waals surface area contributed by atoms with E-state index in [1.54, 1.807) is 36.7 Å². The Bertz CT molecular complexity index is 1040. The molecular formula is C19H20N4O4S. The molecule has 0 amide bonds. The maximum Gasteiger partial charge on any atom is 0.243 e. The zero-order chi connectivity index (χ0) is 19.6. The van der Waals surface area contributed by atoms with Crippen LogP contribution in [-0.2, 0) is 10.0 Å². The van der Waals surface area contributed by atoms with Gasteiger partial charge in [-0.2, -0.15) is 9.29 Å². The number of sulfonamides is 1. The lowest BCUT2D eigenvalue weighted by atomic mass is 9.98. The summed E-state index contributed by atoms with van der Waals surface area (Å²) in [6.45, 7) is 0.800. The van der Waals surface area contributed by atoms with Gasteiger partial charge in [-0.25, -0.2) is 8.42 Å². The lowest BCUT2D eigenvalue weighted by molar-refractivity contribution is 0.270. The van der Waals surface area contributed by atoms with Gasteiger partial charge in [-0.05, 0) is 37.1 Å². The zero-order valence-corrected chi connectivity index (χ0v) is 16.2. The maximum atomic E-state index is 12.9. The van der Waals surface area contributed by atoms with E-state index in [0.29, 0.717) is 43.4 Å². The topological polar surface area (TPSA) is 98.4 Å². The van der Waals surface area contributed by atoms with Gasteiger partial charge in [0.1, 0.15) is 5.75 Å². The van der Waals surface area contributed by atoms with Crippen LogP contribution >= 0.6 is 0 Å². The standard InChI is InChI=1S/C19H20N4O4S/c1-26-16-3-2-4-17(13-16)28(24,25)23-11-7-15(8-12-23)19-21-18(22-27-19)14-5-9-20-10-6-14/h2-6,9-10,13,15H,7-8,11-12H2,1H3. The minimum atomic E-state index is -3.56. The number of pyridine rings is 1. The Kier molecular flexibility index (Phi) is 5.10. The molecular weight excluding hydrogens is 380 g/mol. The minimum absolute atomic E-state index is 0.0415. The second-order valence-electron chi connectivity index (χ2n) is 6.55. The van der Waals surface area contributed by atoms with Crippen LogP contribution in [0.3, 0.4) is 0 Å². The number of benzene rings is 1. The molecule has 0 atom stereocenters. The number of methoxy groups -OCH3 is 1. The van der Waals surface area contributed by atoms with Crippen molar-refractivity contribution in [1.82, 2.24) is 19.4 Å². The van der Waals surface area contributed by atoms with Gasteiger partial charge in [0.05, 0.1) is 12.0 Å². The predicted molar refractivity (Wildman–Crippen MR) is 101 cm³/mol. The van der Waals surface area contributed by atoms with Gasteiger partial charge in [0.25, 0.3) is 0 Å². The molecule has 8 nitrogen and oxygen atoms in total. The second kappa shape index (κ2) is 7.69. The Morgan fingerprint density at radius 1 is 1.14 bits per heavy atom. The molecule has 1 aromatic carbocycles. The highest BCUT2D eigenvalue weighted by molar-refractivity contribution is 7.89. The number of rotatable bonds is 5. The molecule has 3 aromatic rings. The number of hydrogen-bond donors (Lipinski definition) is 0. The number of ether oxygens (including phenoxy) is 1. The first-order valence-electron chi connectivity index (χ1n) is 8.96. The van der Waals surface area contributed by atoms with Gasteiger partial charge in [-0.3, -0.25) is 4.98 Å². The molecule has 0 bridgehead atoms. The molecule has 28 heavy (non-hydrogen) atoms. The SMILES string of the molecule is COc1cccc(S(=O)(=O)N2CCC(c3nc(-c4ccncc4)no3)CC2)c1. The van der Waals surface area contributed by atoms with Crippen molar-refractivity contribution in [1.29, 1.82) is 0 Å². The zero-order valence-electron chi connectivity index (χ0n) is 15.4. The Hall–Kier alpha value is -2.78. The second-order valence-corrected chi connectivity index (χ2v) is 8.49. The molecule has 0 saturated carbocycles. The summed E-state index contributed by atoms with van der Waals surface area (Å²) in [7, 11) is -2.04. The molecule has 1 saturated heterocycles. The fourth-order valence-electron chi connectivity index (χ4n) is 3.27. The van der Waals surface area contributed by atoms with Crippen LogP contribution in [0.1, 0.15) is 24.7 Å². The summed E-state index contributed by atoms with van der Waals surface area (Å²) in [6.07, 6.45) is 4.60. The highest BCUT2D eigenvalue weighted by Crippen LogP contribution is 2.31. The maximum absolute atomic E-state index is 12.9. The van der Waals surface area contributed by atoms with E-state index in [4.69, 9.17) is 9.26 Å². The lowest BCUT2D eigenvalue weighted by Gasteiger charge is -2.29. The summed E-state index contributed by atoms with van der Waals surface area (Å²) < 4.78 is 37.9. The Morgan fingerprint density at radius 3 is 2.61 bits per heavy atom. The summed E-state index contributed by atoms with van der Waals surface area (Å²) >= 11 is 0. The minimum Gasteiger partial charge on any atom is -0.497 e. The van der Waals surface area contributed by atoms with E-state index >= 15 is 0 Å². The summed E-state index contributed by atoms with van der Waals surface area (Å²) in [6, 6.07) is 10.2. The van der Waals surface area contributed by atoms with Crippen molar-refractivity contribution in [3.8, 4) is 17.1 Å². The van der Waals surface area contributed by atoms with Gasteiger partial charge in [0.15, 0.2) is 0 Å². The number of piperidine rings is 1. The highest BCUT2D eigenvalue weighted by atomic mass is 32.2. The summed E-state index contributed by atoms with van der Waals surface area (Å²) in [4.78, 5) is 8.70. The van der Waals surface area contributed by atoms with Crippen molar-refractivity contribution in [3.05, 3.63) is 54.7 Å². The number of aromatic nitrogens is 3. The fraction of sp³-hybridized carbons (Fsp3) is 0.316. The summed E-state index contributed by atoms with van der Waals surface area (Å²) in [5.74, 6) is 1.62. The fourth-order valence-corrected chi connectivity index (χ4v) is 4.78. The van der Waals surface area contributed by atoms with E-state index in [1.165, 1.54) is 11.4 Å². The first-order valence-corrected chi connectivity index (χ1v) is 10.4. The van der Waals surface area contributed by atoms with E-state index in [0.717, 1.165) is 5.56 Å². The Morgan fingerprint density at radius 2 is 1.89 bits per heavy atom. The van der Waals surface area contributed by atoms with E-state index < -0.39 is 10.0 Å². The largest absolute Gasteiger partial charge is 0.497 e. The average molecular weight is 400 g/mol. The van der Waals surface area contributed by atoms with Crippen LogP contribution in [-0.4, -0.2) is 48.0 Å². The van der Waals surface area contributed by atoms with Gasteiger partial charge in [-0.1, -0.05) is 11.2 Å². The number of nitrogens with zero attached hydrogens (tertiary/aromatic N) is 4. The van der Waals surface area contributed by atoms with E-state index in [1.807, 2.05) is 12.1 Å². The Labute approximate surface area is 163 Å². The van der Waals surface area contributed by atoms with Gasteiger partial charge in [0.2, 0.25) is 21.7 Å². The van der Waals surface area contributed by atoms with E-state index in [2.05, 4.69) is 15.1 Å². The van der Waals surface area contributed by atoms with Gasteiger partial charge in [0, 0.05) is 43.0 Å². The van der Waals surface area contributed by atoms with Crippen molar-refractivity contribution in [2.45, 2.75) is 23.7 Å². The molecule has 2 aromatic heterocycles. The molecule has 3 heterocycles. The van der Waals surface area contributed by atoms with E-state index in [-0.39, 0.29) is 10.8 Å². The molecule has 0 aliphatic carbocycles. The molecule has 9 heteroatoms. The van der Waals surface area contributed by atoms with Crippen molar-refractivity contribution >= 4 is 10.0 Å². The van der Waals surface area contributed by atoms with Crippen molar-refractivity contribution in [3.63, 3.8) is 0 Å². The third kappa shape index (κ3) is 3.63. The quantitative estimate of drug-likeness (QED) is 0.649. The van der Waals surface area contributed by atoms with Crippen molar-refractivity contribution in [2.24, 2.45) is 0 Å². The summed E-state index contributed by atoms with van der Waals surface area (Å²) in [5.41, 5.74) is 0.836. The molecule has 4 rings (SSSR count). The van der Waals surface area contributed by atoms with Gasteiger partial charge in [-0.15, -0.1) is 0 Å². The molecule has 0 spiro atoms. The smallest absolute Gasteiger partial charge is 0.243 e. The molecule has 1 aliphatic rings. The van der Waals surface area contributed by atoms with Crippen LogP contribution in [0.25, 0.3) is 11.4 Å². The third-order valence-corrected chi connectivity index (χ3v) is 6.76. The molecule has 146 valence electrons. The van der Waals surface area contributed by atoms with Crippen LogP contribution in [0.5, 0.6) is 5.75 Å². The normalized spacial score (nSPS) is 16.2. The molecule has 0 N–H and O–H groups in total. The van der Waals surface area contributed by atoms with Crippen LogP contribution < -0.4 is 4.74 Å². The highest BCUT2D eigenvalue weighted by Gasteiger charge is 2.32. The van der Waals surface area contributed by atoms with Crippen LogP contribution in [0.4, 0.5) is 0 Å². The van der Waals surface area contributed by atoms with Crippen LogP contribution in [0.2, 0.25) is 0 Å². The monoisotopic (exact) mass is 400 g/mol. The van der Waals surface area contributed by atoms with Crippen LogP contribution in [0.15, 0.2) is 58.2 Å². The van der Waals surface area contributed by atoms with Gasteiger partial charge >= 0.3 is 0 Å². The summed E-state index contributed by atoms with van der Waals surface area (Å²) in [5, 5.41) is 4.04. The van der Waals surface area contributed by atoms with Crippen molar-refractivity contribution in [2.75, 3.05) is 20.2 Å². The number of hydrogen-bond acceptors (Lipinski definition) is 7. The lowest BCUT2D eigenvalue weighted by Crippen LogP contribution is -2.37. The van der Waals surface area contributed by atoms with Crippen molar-refractivity contribution < 1.29 is 17.7 Å².